The number of carbonyl (C=O) groups is 1. The van der Waals surface area contributed by atoms with Gasteiger partial charge in [-0.25, -0.2) is 0 Å². The molecule has 0 N–H and O–H groups in total. The molecule has 0 fully saturated rings. The highest BCUT2D eigenvalue weighted by Gasteiger charge is 2.20. The summed E-state index contributed by atoms with van der Waals surface area (Å²) in [6.45, 7) is -0.316. The minimum atomic E-state index is -0.365. The minimum absolute atomic E-state index is 0.0597. The van der Waals surface area contributed by atoms with Crippen LogP contribution in [0.1, 0.15) is 10.4 Å². The van der Waals surface area contributed by atoms with Crippen LogP contribution in [-0.4, -0.2) is 19.5 Å². The molecule has 28 heavy (non-hydrogen) atoms. The average molecular weight is 376 g/mol. The standard InChI is InChI=1S/C22H16O6/c1-25-15-10-8-14(9-11-15)17(23)13-27-22-20(24)16-5-2-3-6-18(16)28-21(22)19-7-4-12-26-19/h2-12H,13H2,1H3. The maximum atomic E-state index is 12.9. The lowest BCUT2D eigenvalue weighted by Crippen LogP contribution is -2.17. The Bertz CT molecular complexity index is 1170. The second kappa shape index (κ2) is 7.44. The van der Waals surface area contributed by atoms with Crippen LogP contribution in [0.3, 0.4) is 0 Å². The van der Waals surface area contributed by atoms with Gasteiger partial charge in [0.05, 0.1) is 18.8 Å². The fourth-order valence-corrected chi connectivity index (χ4v) is 2.82. The largest absolute Gasteiger partial charge is 0.497 e. The Kier molecular flexibility index (Phi) is 4.68. The van der Waals surface area contributed by atoms with Gasteiger partial charge in [0.2, 0.25) is 16.9 Å². The molecule has 2 aromatic heterocycles. The number of methoxy groups -OCH3 is 1. The molecule has 0 atom stereocenters. The first-order valence-electron chi connectivity index (χ1n) is 8.57. The van der Waals surface area contributed by atoms with Gasteiger partial charge in [-0.15, -0.1) is 0 Å². The van der Waals surface area contributed by atoms with Crippen molar-refractivity contribution in [2.24, 2.45) is 0 Å². The normalized spacial score (nSPS) is 10.8. The molecule has 0 saturated heterocycles. The van der Waals surface area contributed by atoms with Gasteiger partial charge in [-0.3, -0.25) is 9.59 Å². The maximum absolute atomic E-state index is 12.9. The smallest absolute Gasteiger partial charge is 0.235 e. The van der Waals surface area contributed by atoms with Crippen LogP contribution in [0.5, 0.6) is 11.5 Å². The van der Waals surface area contributed by atoms with Gasteiger partial charge in [-0.1, -0.05) is 12.1 Å². The third-order valence-corrected chi connectivity index (χ3v) is 4.26. The monoisotopic (exact) mass is 376 g/mol. The van der Waals surface area contributed by atoms with Crippen molar-refractivity contribution in [3.05, 3.63) is 82.7 Å². The van der Waals surface area contributed by atoms with Crippen molar-refractivity contribution in [2.75, 3.05) is 13.7 Å². The minimum Gasteiger partial charge on any atom is -0.497 e. The summed E-state index contributed by atoms with van der Waals surface area (Å²) in [5, 5.41) is 0.365. The number of rotatable bonds is 6. The quantitative estimate of drug-likeness (QED) is 0.466. The van der Waals surface area contributed by atoms with Crippen molar-refractivity contribution >= 4 is 16.8 Å². The molecule has 0 unspecified atom stereocenters. The van der Waals surface area contributed by atoms with Gasteiger partial charge >= 0.3 is 0 Å². The lowest BCUT2D eigenvalue weighted by molar-refractivity contribution is 0.0920. The number of Topliss-reactive ketones (excluding diaryl/α,β-unsaturated/α-hetero) is 1. The molecular weight excluding hydrogens is 360 g/mol. The van der Waals surface area contributed by atoms with Crippen LogP contribution in [0.2, 0.25) is 0 Å². The van der Waals surface area contributed by atoms with Crippen molar-refractivity contribution in [2.45, 2.75) is 0 Å². The van der Waals surface area contributed by atoms with Gasteiger partial charge in [0, 0.05) is 5.56 Å². The number of para-hydroxylation sites is 1. The van der Waals surface area contributed by atoms with Gasteiger partial charge in [-0.05, 0) is 48.5 Å². The summed E-state index contributed by atoms with van der Waals surface area (Å²) in [4.78, 5) is 25.4. The first kappa shape index (κ1) is 17.6. The van der Waals surface area contributed by atoms with Crippen molar-refractivity contribution in [1.82, 2.24) is 0 Å². The summed E-state index contributed by atoms with van der Waals surface area (Å²) in [5.74, 6) is 0.801. The van der Waals surface area contributed by atoms with E-state index in [-0.39, 0.29) is 29.3 Å². The Morgan fingerprint density at radius 2 is 1.79 bits per heavy atom. The number of fused-ring (bicyclic) bond motifs is 1. The Morgan fingerprint density at radius 1 is 1.00 bits per heavy atom. The zero-order chi connectivity index (χ0) is 19.5. The first-order chi connectivity index (χ1) is 13.7. The van der Waals surface area contributed by atoms with Gasteiger partial charge in [0.25, 0.3) is 0 Å². The molecule has 6 heteroatoms. The van der Waals surface area contributed by atoms with Crippen LogP contribution in [0.4, 0.5) is 0 Å². The topological polar surface area (TPSA) is 78.9 Å². The molecule has 0 aliphatic carbocycles. The van der Waals surface area contributed by atoms with Crippen molar-refractivity contribution in [3.8, 4) is 23.0 Å². The molecule has 0 bridgehead atoms. The molecule has 4 aromatic rings. The SMILES string of the molecule is COc1ccc(C(=O)COc2c(-c3ccco3)oc3ccccc3c2=O)cc1. The fraction of sp³-hybridized carbons (Fsp3) is 0.0909. The molecule has 0 saturated carbocycles. The van der Waals surface area contributed by atoms with E-state index < -0.39 is 0 Å². The van der Waals surface area contributed by atoms with Crippen molar-refractivity contribution in [1.29, 1.82) is 0 Å². The highest BCUT2D eigenvalue weighted by molar-refractivity contribution is 5.97. The van der Waals surface area contributed by atoms with E-state index in [1.807, 2.05) is 0 Å². The third-order valence-electron chi connectivity index (χ3n) is 4.26. The number of furan rings is 1. The summed E-state index contributed by atoms with van der Waals surface area (Å²) in [6.07, 6.45) is 1.47. The van der Waals surface area contributed by atoms with E-state index in [1.165, 1.54) is 6.26 Å². The Morgan fingerprint density at radius 3 is 2.50 bits per heavy atom. The third kappa shape index (κ3) is 3.27. The Balaban J connectivity index is 1.69. The second-order valence-corrected chi connectivity index (χ2v) is 6.00. The average Bonchev–Trinajstić information content (AvgIpc) is 3.27. The zero-order valence-electron chi connectivity index (χ0n) is 15.0. The summed E-state index contributed by atoms with van der Waals surface area (Å²) >= 11 is 0. The number of ketones is 1. The van der Waals surface area contributed by atoms with Crippen LogP contribution in [0.15, 0.2) is 80.6 Å². The summed E-state index contributed by atoms with van der Waals surface area (Å²) < 4.78 is 21.9. The maximum Gasteiger partial charge on any atom is 0.235 e. The molecule has 0 aliphatic heterocycles. The molecule has 0 amide bonds. The molecule has 6 nitrogen and oxygen atoms in total. The molecular formula is C22H16O6. The Labute approximate surface area is 159 Å². The number of ether oxygens (including phenoxy) is 2. The lowest BCUT2D eigenvalue weighted by atomic mass is 10.1. The number of hydrogen-bond acceptors (Lipinski definition) is 6. The summed E-state index contributed by atoms with van der Waals surface area (Å²) in [5.41, 5.74) is 0.494. The molecule has 0 aliphatic rings. The highest BCUT2D eigenvalue weighted by atomic mass is 16.5. The van der Waals surface area contributed by atoms with E-state index in [4.69, 9.17) is 18.3 Å². The van der Waals surface area contributed by atoms with E-state index in [9.17, 15) is 9.59 Å². The molecule has 0 radical (unpaired) electrons. The lowest BCUT2D eigenvalue weighted by Gasteiger charge is -2.10. The van der Waals surface area contributed by atoms with E-state index >= 15 is 0 Å². The highest BCUT2D eigenvalue weighted by Crippen LogP contribution is 2.31. The van der Waals surface area contributed by atoms with Gasteiger partial charge in [0.15, 0.2) is 18.2 Å². The van der Waals surface area contributed by atoms with Crippen LogP contribution in [0, 0.1) is 0 Å². The van der Waals surface area contributed by atoms with Crippen LogP contribution in [0.25, 0.3) is 22.5 Å². The van der Waals surface area contributed by atoms with Crippen LogP contribution in [-0.2, 0) is 0 Å². The summed E-state index contributed by atoms with van der Waals surface area (Å²) in [7, 11) is 1.55. The number of hydrogen-bond donors (Lipinski definition) is 0. The number of carbonyl (C=O) groups excluding carboxylic acids is 1. The molecule has 4 rings (SSSR count). The van der Waals surface area contributed by atoms with Crippen LogP contribution < -0.4 is 14.9 Å². The van der Waals surface area contributed by atoms with Gasteiger partial charge < -0.3 is 18.3 Å². The van der Waals surface area contributed by atoms with Crippen molar-refractivity contribution < 1.29 is 23.1 Å². The molecule has 140 valence electrons. The van der Waals surface area contributed by atoms with E-state index in [2.05, 4.69) is 0 Å². The first-order valence-corrected chi connectivity index (χ1v) is 8.57. The van der Waals surface area contributed by atoms with E-state index in [0.29, 0.717) is 28.0 Å². The van der Waals surface area contributed by atoms with Gasteiger partial charge in [-0.2, -0.15) is 0 Å². The predicted octanol–water partition coefficient (Wildman–Crippen LogP) is 4.32. The van der Waals surface area contributed by atoms with Crippen LogP contribution >= 0.6 is 0 Å². The molecule has 0 spiro atoms. The Hall–Kier alpha value is -3.80. The fourth-order valence-electron chi connectivity index (χ4n) is 2.82. The molecule has 2 aromatic carbocycles. The van der Waals surface area contributed by atoms with Crippen molar-refractivity contribution in [3.63, 3.8) is 0 Å². The van der Waals surface area contributed by atoms with E-state index in [0.717, 1.165) is 0 Å². The number of benzene rings is 2. The summed E-state index contributed by atoms with van der Waals surface area (Å²) in [6, 6.07) is 16.8. The predicted molar refractivity (Wildman–Crippen MR) is 103 cm³/mol. The van der Waals surface area contributed by atoms with Gasteiger partial charge in [0.1, 0.15) is 11.3 Å². The zero-order valence-corrected chi connectivity index (χ0v) is 15.0. The molecule has 2 heterocycles. The second-order valence-electron chi connectivity index (χ2n) is 6.00. The van der Waals surface area contributed by atoms with E-state index in [1.54, 1.807) is 67.8 Å².